The molecule has 2 aliphatic carbocycles. The largest absolute Gasteiger partial charge is 0.312 e. The first-order chi connectivity index (χ1) is 8.85. The number of hydrogen-bond donors (Lipinski definition) is 1. The third kappa shape index (κ3) is 3.52. The lowest BCUT2D eigenvalue weighted by Crippen LogP contribution is -2.53. The second-order valence-electron chi connectivity index (χ2n) is 8.20. The predicted octanol–water partition coefficient (Wildman–Crippen LogP) is 3.67. The van der Waals surface area contributed by atoms with Crippen molar-refractivity contribution in [1.82, 2.24) is 10.2 Å². The number of rotatable bonds is 4. The van der Waals surface area contributed by atoms with E-state index in [2.05, 4.69) is 45.1 Å². The number of nitrogens with one attached hydrogen (secondary N) is 1. The molecule has 2 nitrogen and oxygen atoms in total. The van der Waals surface area contributed by atoms with Gasteiger partial charge in [-0.2, -0.15) is 0 Å². The van der Waals surface area contributed by atoms with Crippen LogP contribution in [-0.4, -0.2) is 37.1 Å². The third-order valence-electron chi connectivity index (χ3n) is 5.87. The summed E-state index contributed by atoms with van der Waals surface area (Å²) >= 11 is 0. The summed E-state index contributed by atoms with van der Waals surface area (Å²) in [5.74, 6) is 0.823. The first-order valence-corrected chi connectivity index (χ1v) is 8.26. The van der Waals surface area contributed by atoms with Crippen LogP contribution in [0.5, 0.6) is 0 Å². The van der Waals surface area contributed by atoms with Crippen LogP contribution in [0.3, 0.4) is 0 Å². The minimum absolute atomic E-state index is 0.437. The van der Waals surface area contributed by atoms with Crippen LogP contribution < -0.4 is 5.32 Å². The molecule has 0 aliphatic heterocycles. The molecule has 112 valence electrons. The Labute approximate surface area is 120 Å². The van der Waals surface area contributed by atoms with Crippen LogP contribution in [0.25, 0.3) is 0 Å². The molecule has 2 aliphatic rings. The second kappa shape index (κ2) is 5.73. The van der Waals surface area contributed by atoms with E-state index >= 15 is 0 Å². The van der Waals surface area contributed by atoms with E-state index in [-0.39, 0.29) is 0 Å². The van der Waals surface area contributed by atoms with E-state index in [9.17, 15) is 0 Å². The number of likely N-dealkylation sites (N-methyl/N-ethyl adjacent to an activating group) is 1. The Morgan fingerprint density at radius 3 is 2.26 bits per heavy atom. The summed E-state index contributed by atoms with van der Waals surface area (Å²) in [6, 6.07) is 0.741. The molecule has 1 N–H and O–H groups in total. The highest BCUT2D eigenvalue weighted by atomic mass is 15.2. The quantitative estimate of drug-likeness (QED) is 0.835. The van der Waals surface area contributed by atoms with Crippen molar-refractivity contribution >= 4 is 0 Å². The van der Waals surface area contributed by atoms with Crippen LogP contribution in [-0.2, 0) is 0 Å². The molecule has 2 saturated carbocycles. The Hall–Kier alpha value is -0.0800. The Morgan fingerprint density at radius 1 is 1.11 bits per heavy atom. The lowest BCUT2D eigenvalue weighted by atomic mass is 9.70. The maximum Gasteiger partial charge on any atom is 0.0327 e. The lowest BCUT2D eigenvalue weighted by molar-refractivity contribution is 0.113. The van der Waals surface area contributed by atoms with E-state index in [1.54, 1.807) is 0 Å². The molecular weight excluding hydrogens is 232 g/mol. The monoisotopic (exact) mass is 266 g/mol. The van der Waals surface area contributed by atoms with Crippen LogP contribution in [0.4, 0.5) is 0 Å². The highest BCUT2D eigenvalue weighted by molar-refractivity contribution is 4.96. The van der Waals surface area contributed by atoms with Gasteiger partial charge in [0.25, 0.3) is 0 Å². The summed E-state index contributed by atoms with van der Waals surface area (Å²) in [5, 5.41) is 3.93. The summed E-state index contributed by atoms with van der Waals surface area (Å²) in [6.07, 6.45) is 9.68. The molecule has 0 aromatic carbocycles. The van der Waals surface area contributed by atoms with Gasteiger partial charge in [-0.3, -0.25) is 0 Å². The average Bonchev–Trinajstić information content (AvgIpc) is 2.77. The third-order valence-corrected chi connectivity index (χ3v) is 5.87. The van der Waals surface area contributed by atoms with Gasteiger partial charge in [0, 0.05) is 18.1 Å². The molecule has 0 spiro atoms. The van der Waals surface area contributed by atoms with Crippen molar-refractivity contribution in [3.63, 3.8) is 0 Å². The van der Waals surface area contributed by atoms with Crippen molar-refractivity contribution < 1.29 is 0 Å². The van der Waals surface area contributed by atoms with Gasteiger partial charge in [0.1, 0.15) is 0 Å². The molecule has 2 unspecified atom stereocenters. The van der Waals surface area contributed by atoms with Crippen molar-refractivity contribution in [3.05, 3.63) is 0 Å². The molecule has 0 aromatic heterocycles. The predicted molar refractivity (Wildman–Crippen MR) is 83.5 cm³/mol. The molecule has 2 fully saturated rings. The zero-order valence-electron chi connectivity index (χ0n) is 13.8. The fourth-order valence-electron chi connectivity index (χ4n) is 4.39. The van der Waals surface area contributed by atoms with Gasteiger partial charge in [0.05, 0.1) is 0 Å². The minimum Gasteiger partial charge on any atom is -0.312 e. The normalized spacial score (nSPS) is 33.8. The van der Waals surface area contributed by atoms with Crippen molar-refractivity contribution in [2.75, 3.05) is 20.6 Å². The summed E-state index contributed by atoms with van der Waals surface area (Å²) in [7, 11) is 4.53. The summed E-state index contributed by atoms with van der Waals surface area (Å²) < 4.78 is 0. The Bertz CT molecular complexity index is 290. The molecule has 2 heteroatoms. The van der Waals surface area contributed by atoms with Crippen molar-refractivity contribution in [2.24, 2.45) is 11.3 Å². The first-order valence-electron chi connectivity index (χ1n) is 8.26. The standard InChI is InChI=1S/C17H34N2/c1-14-12-16(2,3)11-8-15(14)18-13-17(19(4)5)9-6-7-10-17/h14-15,18H,6-13H2,1-5H3. The van der Waals surface area contributed by atoms with E-state index in [0.29, 0.717) is 11.0 Å². The van der Waals surface area contributed by atoms with Gasteiger partial charge in [-0.25, -0.2) is 0 Å². The van der Waals surface area contributed by atoms with Crippen LogP contribution in [0, 0.1) is 11.3 Å². The van der Waals surface area contributed by atoms with Gasteiger partial charge in [-0.1, -0.05) is 33.6 Å². The summed E-state index contributed by atoms with van der Waals surface area (Å²) in [5.41, 5.74) is 0.997. The SMILES string of the molecule is CC1CC(C)(C)CCC1NCC1(N(C)C)CCCC1. The molecule has 0 amide bonds. The summed E-state index contributed by atoms with van der Waals surface area (Å²) in [6.45, 7) is 8.49. The van der Waals surface area contributed by atoms with Gasteiger partial charge < -0.3 is 10.2 Å². The van der Waals surface area contributed by atoms with E-state index in [1.807, 2.05) is 0 Å². The minimum atomic E-state index is 0.437. The zero-order valence-corrected chi connectivity index (χ0v) is 13.8. The van der Waals surface area contributed by atoms with Crippen molar-refractivity contribution in [3.8, 4) is 0 Å². The Balaban J connectivity index is 1.88. The topological polar surface area (TPSA) is 15.3 Å². The number of hydrogen-bond acceptors (Lipinski definition) is 2. The molecular formula is C17H34N2. The van der Waals surface area contributed by atoms with Gasteiger partial charge in [-0.05, 0) is 57.5 Å². The van der Waals surface area contributed by atoms with E-state index < -0.39 is 0 Å². The fraction of sp³-hybridized carbons (Fsp3) is 1.00. The van der Waals surface area contributed by atoms with Gasteiger partial charge in [0.15, 0.2) is 0 Å². The first kappa shape index (κ1) is 15.3. The van der Waals surface area contributed by atoms with Crippen LogP contribution in [0.15, 0.2) is 0 Å². The maximum absolute atomic E-state index is 3.93. The van der Waals surface area contributed by atoms with E-state index in [1.165, 1.54) is 51.5 Å². The van der Waals surface area contributed by atoms with E-state index in [4.69, 9.17) is 0 Å². The summed E-state index contributed by atoms with van der Waals surface area (Å²) in [4.78, 5) is 2.48. The molecule has 2 rings (SSSR count). The molecule has 0 heterocycles. The Kier molecular flexibility index (Phi) is 4.62. The maximum atomic E-state index is 3.93. The van der Waals surface area contributed by atoms with Crippen LogP contribution >= 0.6 is 0 Å². The molecule has 0 radical (unpaired) electrons. The number of nitrogens with zero attached hydrogens (tertiary/aromatic N) is 1. The van der Waals surface area contributed by atoms with Crippen LogP contribution in [0.1, 0.15) is 65.7 Å². The lowest BCUT2D eigenvalue weighted by Gasteiger charge is -2.43. The second-order valence-corrected chi connectivity index (χ2v) is 8.20. The molecule has 0 saturated heterocycles. The van der Waals surface area contributed by atoms with Gasteiger partial charge in [0.2, 0.25) is 0 Å². The van der Waals surface area contributed by atoms with Gasteiger partial charge >= 0.3 is 0 Å². The average molecular weight is 266 g/mol. The Morgan fingerprint density at radius 2 is 1.74 bits per heavy atom. The highest BCUT2D eigenvalue weighted by Crippen LogP contribution is 2.39. The molecule has 0 bridgehead atoms. The van der Waals surface area contributed by atoms with Gasteiger partial charge in [-0.15, -0.1) is 0 Å². The van der Waals surface area contributed by atoms with Crippen molar-refractivity contribution in [2.45, 2.75) is 77.3 Å². The zero-order chi connectivity index (χ0) is 14.1. The fourth-order valence-corrected chi connectivity index (χ4v) is 4.39. The molecule has 0 aromatic rings. The van der Waals surface area contributed by atoms with E-state index in [0.717, 1.165) is 12.0 Å². The highest BCUT2D eigenvalue weighted by Gasteiger charge is 2.38. The molecule has 2 atom stereocenters. The van der Waals surface area contributed by atoms with Crippen LogP contribution in [0.2, 0.25) is 0 Å². The molecule has 19 heavy (non-hydrogen) atoms. The smallest absolute Gasteiger partial charge is 0.0327 e. The van der Waals surface area contributed by atoms with Crippen molar-refractivity contribution in [1.29, 1.82) is 0 Å².